The molecule has 74 valence electrons. The Morgan fingerprint density at radius 1 is 1.15 bits per heavy atom. The van der Waals surface area contributed by atoms with Gasteiger partial charge in [-0.3, -0.25) is 0 Å². The van der Waals surface area contributed by atoms with Crippen molar-refractivity contribution in [2.75, 3.05) is 0 Å². The van der Waals surface area contributed by atoms with Crippen molar-refractivity contribution < 1.29 is 0 Å². The molecule has 0 bridgehead atoms. The first kappa shape index (κ1) is 10.6. The molecule has 0 aromatic carbocycles. The molecule has 0 saturated heterocycles. The van der Waals surface area contributed by atoms with Crippen LogP contribution >= 0.6 is 0 Å². The van der Waals surface area contributed by atoms with Gasteiger partial charge in [-0.05, 0) is 31.1 Å². The molecule has 0 heterocycles. The molecule has 0 spiro atoms. The quantitative estimate of drug-likeness (QED) is 0.513. The van der Waals surface area contributed by atoms with Crippen LogP contribution in [-0.4, -0.2) is 0 Å². The molecule has 0 amide bonds. The number of allylic oxidation sites excluding steroid dienone is 4. The van der Waals surface area contributed by atoms with Gasteiger partial charge >= 0.3 is 0 Å². The maximum atomic E-state index is 2.41. The Kier molecular flexibility index (Phi) is 3.77. The van der Waals surface area contributed by atoms with E-state index in [2.05, 4.69) is 39.0 Å². The fourth-order valence-electron chi connectivity index (χ4n) is 1.76. The molecule has 0 unspecified atom stereocenters. The van der Waals surface area contributed by atoms with Crippen molar-refractivity contribution in [2.45, 2.75) is 52.9 Å². The van der Waals surface area contributed by atoms with E-state index in [1.807, 2.05) is 0 Å². The highest BCUT2D eigenvalue weighted by Crippen LogP contribution is 2.23. The summed E-state index contributed by atoms with van der Waals surface area (Å²) < 4.78 is 0. The zero-order valence-electron chi connectivity index (χ0n) is 9.27. The van der Waals surface area contributed by atoms with E-state index in [1.54, 1.807) is 0 Å². The predicted molar refractivity (Wildman–Crippen MR) is 59.8 cm³/mol. The fourth-order valence-corrected chi connectivity index (χ4v) is 1.76. The summed E-state index contributed by atoms with van der Waals surface area (Å²) in [6.45, 7) is 6.81. The van der Waals surface area contributed by atoms with E-state index in [0.29, 0.717) is 5.41 Å². The van der Waals surface area contributed by atoms with Crippen LogP contribution in [0, 0.1) is 5.41 Å². The van der Waals surface area contributed by atoms with Crippen molar-refractivity contribution in [1.29, 1.82) is 0 Å². The van der Waals surface area contributed by atoms with E-state index in [0.717, 1.165) is 0 Å². The van der Waals surface area contributed by atoms with Gasteiger partial charge in [-0.1, -0.05) is 51.0 Å². The summed E-state index contributed by atoms with van der Waals surface area (Å²) >= 11 is 0. The molecule has 0 N–H and O–H groups in total. The van der Waals surface area contributed by atoms with Gasteiger partial charge in [0.2, 0.25) is 0 Å². The second-order valence-electron chi connectivity index (χ2n) is 5.09. The monoisotopic (exact) mass is 178 g/mol. The first-order valence-corrected chi connectivity index (χ1v) is 5.46. The van der Waals surface area contributed by atoms with Crippen LogP contribution in [0.4, 0.5) is 0 Å². The molecule has 0 fully saturated rings. The molecule has 1 aliphatic rings. The van der Waals surface area contributed by atoms with Gasteiger partial charge in [0.15, 0.2) is 0 Å². The van der Waals surface area contributed by atoms with E-state index < -0.39 is 0 Å². The van der Waals surface area contributed by atoms with Crippen LogP contribution in [0.25, 0.3) is 0 Å². The average Bonchev–Trinajstić information content (AvgIpc) is 1.92. The van der Waals surface area contributed by atoms with Gasteiger partial charge in [0.1, 0.15) is 0 Å². The minimum Gasteiger partial charge on any atom is -0.0843 e. The molecule has 0 saturated carbocycles. The molecule has 0 nitrogen and oxygen atoms in total. The summed E-state index contributed by atoms with van der Waals surface area (Å²) in [6, 6.07) is 0. The molecule has 0 heteroatoms. The summed E-state index contributed by atoms with van der Waals surface area (Å²) in [5.41, 5.74) is 1.87. The average molecular weight is 178 g/mol. The zero-order chi connectivity index (χ0) is 9.73. The standard InChI is InChI=1S/C13H22/c1-13(2,3)11-12-9-7-5-4-6-8-10-12/h7,9,11H,4-6,8,10H2,1-3H3/b9-7-,12-11+. The van der Waals surface area contributed by atoms with E-state index in [4.69, 9.17) is 0 Å². The number of hydrogen-bond acceptors (Lipinski definition) is 0. The summed E-state index contributed by atoms with van der Waals surface area (Å²) in [6.07, 6.45) is 13.7. The van der Waals surface area contributed by atoms with Gasteiger partial charge in [-0.25, -0.2) is 0 Å². The Labute approximate surface area is 82.7 Å². The van der Waals surface area contributed by atoms with Crippen LogP contribution in [0.1, 0.15) is 52.9 Å². The van der Waals surface area contributed by atoms with Crippen LogP contribution in [0.5, 0.6) is 0 Å². The lowest BCUT2D eigenvalue weighted by Gasteiger charge is -2.15. The summed E-state index contributed by atoms with van der Waals surface area (Å²) in [5, 5.41) is 0. The molecular formula is C13H22. The highest BCUT2D eigenvalue weighted by atomic mass is 14.1. The highest BCUT2D eigenvalue weighted by Gasteiger charge is 2.07. The normalized spacial score (nSPS) is 25.3. The Hall–Kier alpha value is -0.520. The summed E-state index contributed by atoms with van der Waals surface area (Å²) in [5.74, 6) is 0. The van der Waals surface area contributed by atoms with E-state index in [9.17, 15) is 0 Å². The molecule has 13 heavy (non-hydrogen) atoms. The summed E-state index contributed by atoms with van der Waals surface area (Å²) in [4.78, 5) is 0. The Balaban J connectivity index is 2.65. The van der Waals surface area contributed by atoms with Gasteiger partial charge in [-0.2, -0.15) is 0 Å². The second kappa shape index (κ2) is 4.64. The van der Waals surface area contributed by atoms with Gasteiger partial charge < -0.3 is 0 Å². The van der Waals surface area contributed by atoms with Crippen molar-refractivity contribution in [1.82, 2.24) is 0 Å². The van der Waals surface area contributed by atoms with E-state index >= 15 is 0 Å². The van der Waals surface area contributed by atoms with E-state index in [1.165, 1.54) is 37.7 Å². The molecule has 0 aromatic heterocycles. The summed E-state index contributed by atoms with van der Waals surface area (Å²) in [7, 11) is 0. The van der Waals surface area contributed by atoms with Gasteiger partial charge in [-0.15, -0.1) is 0 Å². The molecule has 1 rings (SSSR count). The van der Waals surface area contributed by atoms with Crippen molar-refractivity contribution in [3.8, 4) is 0 Å². The highest BCUT2D eigenvalue weighted by molar-refractivity contribution is 5.21. The second-order valence-corrected chi connectivity index (χ2v) is 5.09. The smallest absolute Gasteiger partial charge is 0.0197 e. The predicted octanol–water partition coefficient (Wildman–Crippen LogP) is 4.48. The lowest BCUT2D eigenvalue weighted by molar-refractivity contribution is 0.536. The first-order valence-electron chi connectivity index (χ1n) is 5.46. The third kappa shape index (κ3) is 4.92. The Morgan fingerprint density at radius 2 is 1.92 bits per heavy atom. The Morgan fingerprint density at radius 3 is 2.62 bits per heavy atom. The topological polar surface area (TPSA) is 0 Å². The lowest BCUT2D eigenvalue weighted by atomic mass is 9.90. The molecule has 0 aromatic rings. The van der Waals surface area contributed by atoms with E-state index in [-0.39, 0.29) is 0 Å². The van der Waals surface area contributed by atoms with Crippen LogP contribution in [-0.2, 0) is 0 Å². The van der Waals surface area contributed by atoms with Crippen molar-refractivity contribution >= 4 is 0 Å². The fraction of sp³-hybridized carbons (Fsp3) is 0.692. The minimum atomic E-state index is 0.332. The molecule has 1 aliphatic carbocycles. The van der Waals surface area contributed by atoms with Crippen LogP contribution in [0.3, 0.4) is 0 Å². The maximum absolute atomic E-state index is 2.41. The number of rotatable bonds is 0. The molecule has 0 atom stereocenters. The third-order valence-corrected chi connectivity index (χ3v) is 2.29. The van der Waals surface area contributed by atoms with Crippen LogP contribution in [0.2, 0.25) is 0 Å². The third-order valence-electron chi connectivity index (χ3n) is 2.29. The minimum absolute atomic E-state index is 0.332. The Bertz CT molecular complexity index is 201. The van der Waals surface area contributed by atoms with Crippen molar-refractivity contribution in [2.24, 2.45) is 5.41 Å². The zero-order valence-corrected chi connectivity index (χ0v) is 9.27. The largest absolute Gasteiger partial charge is 0.0843 e. The van der Waals surface area contributed by atoms with Gasteiger partial charge in [0.25, 0.3) is 0 Å². The molecule has 0 radical (unpaired) electrons. The van der Waals surface area contributed by atoms with Gasteiger partial charge in [0, 0.05) is 0 Å². The number of hydrogen-bond donors (Lipinski definition) is 0. The lowest BCUT2D eigenvalue weighted by Crippen LogP contribution is -2.01. The van der Waals surface area contributed by atoms with Crippen LogP contribution in [0.15, 0.2) is 23.8 Å². The van der Waals surface area contributed by atoms with Gasteiger partial charge in [0.05, 0.1) is 0 Å². The maximum Gasteiger partial charge on any atom is -0.0197 e. The van der Waals surface area contributed by atoms with Crippen LogP contribution < -0.4 is 0 Å². The SMILES string of the molecule is CC(C)(C)/C=C1\C=C/CCCCC1. The molecule has 0 aliphatic heterocycles. The first-order chi connectivity index (χ1) is 6.08. The van der Waals surface area contributed by atoms with Crippen molar-refractivity contribution in [3.63, 3.8) is 0 Å². The molecular weight excluding hydrogens is 156 g/mol. The van der Waals surface area contributed by atoms with Crippen molar-refractivity contribution in [3.05, 3.63) is 23.8 Å².